The number of imidazole rings is 1. The molecule has 2 aromatic heterocycles. The quantitative estimate of drug-likeness (QED) is 0.352. The molecule has 2 aromatic carbocycles. The van der Waals surface area contributed by atoms with Gasteiger partial charge in [-0.15, -0.1) is 0 Å². The third-order valence-corrected chi connectivity index (χ3v) is 6.72. The summed E-state index contributed by atoms with van der Waals surface area (Å²) in [7, 11) is 3.95. The maximum absolute atomic E-state index is 13.1. The van der Waals surface area contributed by atoms with E-state index in [1.807, 2.05) is 72.6 Å². The van der Waals surface area contributed by atoms with E-state index in [4.69, 9.17) is 4.98 Å². The number of anilines is 2. The minimum absolute atomic E-state index is 0.00669. The van der Waals surface area contributed by atoms with Crippen LogP contribution in [-0.2, 0) is 0 Å². The van der Waals surface area contributed by atoms with Crippen molar-refractivity contribution in [3.8, 4) is 11.3 Å². The summed E-state index contributed by atoms with van der Waals surface area (Å²) in [5, 5.41) is 3.01. The molecule has 1 atom stereocenters. The molecule has 0 spiro atoms. The predicted molar refractivity (Wildman–Crippen MR) is 139 cm³/mol. The monoisotopic (exact) mass is 489 g/mol. The van der Waals surface area contributed by atoms with Crippen LogP contribution in [0.2, 0.25) is 0 Å². The third kappa shape index (κ3) is 4.76. The van der Waals surface area contributed by atoms with Crippen LogP contribution in [-0.4, -0.2) is 47.5 Å². The van der Waals surface area contributed by atoms with Crippen LogP contribution >= 0.6 is 0 Å². The Bertz CT molecular complexity index is 1350. The number of nitrogens with zero attached hydrogens (tertiary/aromatic N) is 4. The summed E-state index contributed by atoms with van der Waals surface area (Å²) in [5.74, 6) is 0.941. The zero-order chi connectivity index (χ0) is 25.2. The van der Waals surface area contributed by atoms with E-state index in [1.54, 1.807) is 12.1 Å². The number of rotatable bonds is 5. The molecule has 1 aliphatic rings. The van der Waals surface area contributed by atoms with Gasteiger partial charge in [0, 0.05) is 61.8 Å². The molecular weight excluding hydrogens is 460 g/mol. The topological polar surface area (TPSA) is 52.9 Å². The smallest absolute Gasteiger partial charge is 0.321 e. The largest absolute Gasteiger partial charge is 0.378 e. The predicted octanol–water partition coefficient (Wildman–Crippen LogP) is 6.42. The number of hydrogen-bond donors (Lipinski definition) is 1. The molecule has 36 heavy (non-hydrogen) atoms. The molecule has 2 amide bonds. The highest BCUT2D eigenvalue weighted by Gasteiger charge is 2.28. The van der Waals surface area contributed by atoms with Crippen molar-refractivity contribution in [1.29, 1.82) is 0 Å². The number of likely N-dealkylation sites (tertiary alicyclic amines) is 1. The summed E-state index contributed by atoms with van der Waals surface area (Å²) in [6, 6.07) is 19.8. The first-order chi connectivity index (χ1) is 17.4. The molecule has 8 heteroatoms. The maximum Gasteiger partial charge on any atom is 0.321 e. The van der Waals surface area contributed by atoms with Gasteiger partial charge in [-0.2, -0.15) is 0 Å². The molecule has 1 N–H and O–H groups in total. The van der Waals surface area contributed by atoms with Crippen molar-refractivity contribution in [2.24, 2.45) is 0 Å². The lowest BCUT2D eigenvalue weighted by atomic mass is 9.97. The molecular formula is C28H29F2N5O. The van der Waals surface area contributed by atoms with Gasteiger partial charge in [-0.3, -0.25) is 0 Å². The fraction of sp³-hybridized carbons (Fsp3) is 0.286. The highest BCUT2D eigenvalue weighted by molar-refractivity contribution is 5.89. The lowest BCUT2D eigenvalue weighted by Crippen LogP contribution is -2.42. The van der Waals surface area contributed by atoms with Crippen LogP contribution in [0.15, 0.2) is 72.9 Å². The zero-order valence-corrected chi connectivity index (χ0v) is 20.4. The number of pyridine rings is 1. The van der Waals surface area contributed by atoms with Crippen molar-refractivity contribution in [1.82, 2.24) is 14.3 Å². The van der Waals surface area contributed by atoms with E-state index < -0.39 is 6.43 Å². The van der Waals surface area contributed by atoms with Gasteiger partial charge in [0.1, 0.15) is 5.82 Å². The number of carbonyl (C=O) groups excluding carboxylic acids is 1. The van der Waals surface area contributed by atoms with E-state index in [1.165, 1.54) is 12.1 Å². The van der Waals surface area contributed by atoms with Gasteiger partial charge in [-0.25, -0.2) is 18.6 Å². The molecule has 0 bridgehead atoms. The van der Waals surface area contributed by atoms with Crippen LogP contribution in [0.25, 0.3) is 16.8 Å². The van der Waals surface area contributed by atoms with Crippen molar-refractivity contribution >= 4 is 22.9 Å². The van der Waals surface area contributed by atoms with E-state index in [0.717, 1.165) is 46.8 Å². The van der Waals surface area contributed by atoms with Gasteiger partial charge in [0.05, 0.1) is 11.2 Å². The van der Waals surface area contributed by atoms with Gasteiger partial charge in [0.25, 0.3) is 6.43 Å². The lowest BCUT2D eigenvalue weighted by Gasteiger charge is -2.32. The molecule has 5 rings (SSSR count). The number of halogens is 2. The first kappa shape index (κ1) is 23.8. The Labute approximate surface area is 209 Å². The Morgan fingerprint density at radius 3 is 2.50 bits per heavy atom. The SMILES string of the molecule is CN(C)c1ccc(NC(=O)N2CCC[C@@H](c3nc(-c4ccc(C(F)F)cc4)c4ccccn34)C2)cc1. The fourth-order valence-corrected chi connectivity index (χ4v) is 4.77. The molecule has 3 heterocycles. The van der Waals surface area contributed by atoms with E-state index >= 15 is 0 Å². The van der Waals surface area contributed by atoms with Gasteiger partial charge in [0.2, 0.25) is 0 Å². The second kappa shape index (κ2) is 9.97. The molecule has 0 aliphatic carbocycles. The van der Waals surface area contributed by atoms with Crippen LogP contribution in [0.5, 0.6) is 0 Å². The minimum atomic E-state index is -2.50. The summed E-state index contributed by atoms with van der Waals surface area (Å²) in [6.45, 7) is 1.24. The van der Waals surface area contributed by atoms with Crippen molar-refractivity contribution in [3.63, 3.8) is 0 Å². The van der Waals surface area contributed by atoms with E-state index in [0.29, 0.717) is 13.1 Å². The normalized spacial score (nSPS) is 15.9. The molecule has 1 saturated heterocycles. The van der Waals surface area contributed by atoms with Crippen LogP contribution in [0.1, 0.15) is 36.6 Å². The fourth-order valence-electron chi connectivity index (χ4n) is 4.77. The summed E-state index contributed by atoms with van der Waals surface area (Å²) in [6.07, 6.45) is 1.26. The van der Waals surface area contributed by atoms with Crippen molar-refractivity contribution < 1.29 is 13.6 Å². The average molecular weight is 490 g/mol. The Kier molecular flexibility index (Phi) is 6.59. The summed E-state index contributed by atoms with van der Waals surface area (Å²) in [4.78, 5) is 21.9. The summed E-state index contributed by atoms with van der Waals surface area (Å²) >= 11 is 0. The first-order valence-corrected chi connectivity index (χ1v) is 12.1. The Morgan fingerprint density at radius 2 is 1.81 bits per heavy atom. The van der Waals surface area contributed by atoms with Crippen LogP contribution in [0.3, 0.4) is 0 Å². The average Bonchev–Trinajstić information content (AvgIpc) is 3.29. The Morgan fingerprint density at radius 1 is 1.06 bits per heavy atom. The highest BCUT2D eigenvalue weighted by atomic mass is 19.3. The molecule has 1 fully saturated rings. The number of aromatic nitrogens is 2. The standard InChI is InChI=1S/C28H29F2N5O/c1-33(2)23-14-12-22(13-15-23)31-28(36)34-16-5-6-21(18-34)27-32-25(24-7-3-4-17-35(24)27)19-8-10-20(11-9-19)26(29)30/h3-4,7-15,17,21,26H,5-6,16,18H2,1-2H3,(H,31,36)/t21-/m1/s1. The second-order valence-corrected chi connectivity index (χ2v) is 9.35. The van der Waals surface area contributed by atoms with E-state index in [9.17, 15) is 13.6 Å². The summed E-state index contributed by atoms with van der Waals surface area (Å²) in [5.41, 5.74) is 4.29. The molecule has 186 valence electrons. The Hall–Kier alpha value is -3.94. The maximum atomic E-state index is 13.1. The number of nitrogens with one attached hydrogen (secondary N) is 1. The van der Waals surface area contributed by atoms with Gasteiger partial charge in [-0.1, -0.05) is 30.3 Å². The zero-order valence-electron chi connectivity index (χ0n) is 20.4. The van der Waals surface area contributed by atoms with Crippen molar-refractivity contribution in [3.05, 3.63) is 84.3 Å². The first-order valence-electron chi connectivity index (χ1n) is 12.1. The van der Waals surface area contributed by atoms with Crippen LogP contribution in [0, 0.1) is 0 Å². The van der Waals surface area contributed by atoms with Crippen molar-refractivity contribution in [2.75, 3.05) is 37.4 Å². The molecule has 4 aromatic rings. The van der Waals surface area contributed by atoms with Gasteiger partial charge in [0.15, 0.2) is 0 Å². The number of amides is 2. The van der Waals surface area contributed by atoms with Crippen molar-refractivity contribution in [2.45, 2.75) is 25.2 Å². The molecule has 0 unspecified atom stereocenters. The number of carbonyl (C=O) groups is 1. The molecule has 0 saturated carbocycles. The van der Waals surface area contributed by atoms with Crippen LogP contribution in [0.4, 0.5) is 25.0 Å². The number of urea groups is 1. The molecule has 6 nitrogen and oxygen atoms in total. The van der Waals surface area contributed by atoms with E-state index in [2.05, 4.69) is 9.72 Å². The van der Waals surface area contributed by atoms with Gasteiger partial charge >= 0.3 is 6.03 Å². The number of benzene rings is 2. The number of alkyl halides is 2. The Balaban J connectivity index is 1.37. The van der Waals surface area contributed by atoms with Crippen LogP contribution < -0.4 is 10.2 Å². The number of piperidine rings is 1. The minimum Gasteiger partial charge on any atom is -0.378 e. The third-order valence-electron chi connectivity index (χ3n) is 6.72. The lowest BCUT2D eigenvalue weighted by molar-refractivity contribution is 0.151. The molecule has 1 aliphatic heterocycles. The van der Waals surface area contributed by atoms with E-state index in [-0.39, 0.29) is 17.5 Å². The molecule has 0 radical (unpaired) electrons. The number of hydrogen-bond acceptors (Lipinski definition) is 3. The van der Waals surface area contributed by atoms with Gasteiger partial charge in [-0.05, 0) is 49.2 Å². The number of fused-ring (bicyclic) bond motifs is 1. The second-order valence-electron chi connectivity index (χ2n) is 9.35. The highest BCUT2D eigenvalue weighted by Crippen LogP contribution is 2.33. The van der Waals surface area contributed by atoms with Gasteiger partial charge < -0.3 is 19.5 Å². The summed E-state index contributed by atoms with van der Waals surface area (Å²) < 4.78 is 28.1.